The zero-order chi connectivity index (χ0) is 22.6. The normalized spacial score (nSPS) is 13.7. The minimum Gasteiger partial charge on any atom is -0.352 e. The topological polar surface area (TPSA) is 54.2 Å². The third kappa shape index (κ3) is 5.38. The van der Waals surface area contributed by atoms with Crippen LogP contribution >= 0.6 is 23.2 Å². The van der Waals surface area contributed by atoms with Crippen molar-refractivity contribution in [2.45, 2.75) is 25.4 Å². The largest absolute Gasteiger partial charge is 0.352 e. The predicted octanol–water partition coefficient (Wildman–Crippen LogP) is 6.57. The highest BCUT2D eigenvalue weighted by atomic mass is 35.5. The van der Waals surface area contributed by atoms with Gasteiger partial charge < -0.3 is 10.6 Å². The van der Waals surface area contributed by atoms with Crippen molar-refractivity contribution >= 4 is 35.0 Å². The molecule has 33 heavy (non-hydrogen) atoms. The quantitative estimate of drug-likeness (QED) is 0.245. The van der Waals surface area contributed by atoms with Gasteiger partial charge in [-0.05, 0) is 42.7 Å². The van der Waals surface area contributed by atoms with Gasteiger partial charge >= 0.3 is 0 Å². The van der Waals surface area contributed by atoms with Gasteiger partial charge in [0.25, 0.3) is 0 Å². The van der Waals surface area contributed by atoms with Crippen LogP contribution in [0.2, 0.25) is 10.0 Å². The van der Waals surface area contributed by atoms with E-state index in [2.05, 4.69) is 22.8 Å². The Morgan fingerprint density at radius 3 is 2.39 bits per heavy atom. The van der Waals surface area contributed by atoms with Crippen LogP contribution in [0.1, 0.15) is 18.4 Å². The lowest BCUT2D eigenvalue weighted by Crippen LogP contribution is -2.31. The van der Waals surface area contributed by atoms with Crippen molar-refractivity contribution in [3.63, 3.8) is 0 Å². The summed E-state index contributed by atoms with van der Waals surface area (Å²) in [5.41, 5.74) is 3.87. The van der Waals surface area contributed by atoms with Crippen LogP contribution in [0, 0.1) is 0 Å². The minimum absolute atomic E-state index is 0.358. The summed E-state index contributed by atoms with van der Waals surface area (Å²) in [5, 5.41) is 13.0. The Balaban J connectivity index is 1.47. The maximum Gasteiger partial charge on any atom is 0.197 e. The van der Waals surface area contributed by atoms with Crippen molar-refractivity contribution in [1.82, 2.24) is 15.1 Å². The molecule has 1 fully saturated rings. The van der Waals surface area contributed by atoms with Crippen LogP contribution in [0.5, 0.6) is 0 Å². The standard InChI is InChI=1S/C26H23Cl2N5/c27-20-12-10-19(11-13-20)24-16-25(32-33(24)23-9-5-4-8-22(23)28)31-26(30-21-14-15-21)29-17-18-6-2-1-3-7-18/h1-13,16,21H,14-15,17H2,(H2,29,30,31,32). The third-order valence-electron chi connectivity index (χ3n) is 5.34. The second-order valence-corrected chi connectivity index (χ2v) is 8.80. The number of rotatable bonds is 6. The van der Waals surface area contributed by atoms with E-state index in [-0.39, 0.29) is 0 Å². The van der Waals surface area contributed by atoms with Crippen molar-refractivity contribution in [3.05, 3.63) is 101 Å². The number of hydrogen-bond donors (Lipinski definition) is 2. The number of nitrogens with zero attached hydrogens (tertiary/aromatic N) is 3. The van der Waals surface area contributed by atoms with E-state index in [1.54, 1.807) is 0 Å². The van der Waals surface area contributed by atoms with Crippen LogP contribution < -0.4 is 10.6 Å². The van der Waals surface area contributed by atoms with E-state index in [4.69, 9.17) is 33.3 Å². The Kier molecular flexibility index (Phi) is 6.33. The highest BCUT2D eigenvalue weighted by molar-refractivity contribution is 6.32. The molecule has 2 N–H and O–H groups in total. The summed E-state index contributed by atoms with van der Waals surface area (Å²) in [6.45, 7) is 0.675. The molecule has 1 aliphatic rings. The first-order chi connectivity index (χ1) is 16.2. The summed E-state index contributed by atoms with van der Waals surface area (Å²) >= 11 is 12.6. The lowest BCUT2D eigenvalue weighted by molar-refractivity contribution is 0.876. The molecule has 1 aromatic heterocycles. The summed E-state index contributed by atoms with van der Waals surface area (Å²) in [6, 6.07) is 28.0. The van der Waals surface area contributed by atoms with E-state index < -0.39 is 0 Å². The maximum absolute atomic E-state index is 6.51. The summed E-state index contributed by atoms with van der Waals surface area (Å²) < 4.78 is 1.85. The molecule has 5 nitrogen and oxygen atoms in total. The molecule has 5 rings (SSSR count). The fraction of sp³-hybridized carbons (Fsp3) is 0.154. The molecule has 0 spiro atoms. The van der Waals surface area contributed by atoms with Crippen LogP contribution in [0.15, 0.2) is 89.9 Å². The third-order valence-corrected chi connectivity index (χ3v) is 5.91. The van der Waals surface area contributed by atoms with Gasteiger partial charge in [0.15, 0.2) is 11.8 Å². The van der Waals surface area contributed by atoms with Crippen LogP contribution in [-0.4, -0.2) is 21.8 Å². The fourth-order valence-electron chi connectivity index (χ4n) is 3.49. The molecule has 0 unspecified atom stereocenters. The molecule has 0 amide bonds. The van der Waals surface area contributed by atoms with Crippen molar-refractivity contribution < 1.29 is 0 Å². The zero-order valence-electron chi connectivity index (χ0n) is 17.9. The molecule has 0 radical (unpaired) electrons. The van der Waals surface area contributed by atoms with E-state index in [0.29, 0.717) is 34.4 Å². The molecular formula is C26H23Cl2N5. The highest BCUT2D eigenvalue weighted by Crippen LogP contribution is 2.30. The molecule has 0 atom stereocenters. The molecule has 1 aliphatic carbocycles. The SMILES string of the molecule is Clc1ccc(-c2cc(NC(=NC3CC3)NCc3ccccc3)nn2-c2ccccc2Cl)cc1. The second kappa shape index (κ2) is 9.69. The van der Waals surface area contributed by atoms with Crippen molar-refractivity contribution in [2.75, 3.05) is 5.32 Å². The number of benzene rings is 3. The smallest absolute Gasteiger partial charge is 0.197 e. The van der Waals surface area contributed by atoms with Gasteiger partial charge in [-0.1, -0.05) is 77.8 Å². The van der Waals surface area contributed by atoms with Crippen LogP contribution in [0.25, 0.3) is 16.9 Å². The van der Waals surface area contributed by atoms with E-state index in [1.807, 2.05) is 77.5 Å². The van der Waals surface area contributed by atoms with E-state index in [0.717, 1.165) is 29.8 Å². The second-order valence-electron chi connectivity index (χ2n) is 7.96. The summed E-state index contributed by atoms with van der Waals surface area (Å²) in [7, 11) is 0. The Morgan fingerprint density at radius 2 is 1.67 bits per heavy atom. The van der Waals surface area contributed by atoms with E-state index >= 15 is 0 Å². The van der Waals surface area contributed by atoms with Crippen molar-refractivity contribution in [3.8, 4) is 16.9 Å². The molecule has 0 saturated heterocycles. The van der Waals surface area contributed by atoms with Crippen LogP contribution in [-0.2, 0) is 6.54 Å². The molecule has 166 valence electrons. The van der Waals surface area contributed by atoms with Gasteiger partial charge in [0.2, 0.25) is 0 Å². The van der Waals surface area contributed by atoms with Crippen molar-refractivity contribution in [1.29, 1.82) is 0 Å². The molecule has 1 saturated carbocycles. The van der Waals surface area contributed by atoms with Crippen molar-refractivity contribution in [2.24, 2.45) is 4.99 Å². The van der Waals surface area contributed by atoms with E-state index in [9.17, 15) is 0 Å². The van der Waals surface area contributed by atoms with Crippen LogP contribution in [0.4, 0.5) is 5.82 Å². The number of hydrogen-bond acceptors (Lipinski definition) is 2. The Hall–Kier alpha value is -3.28. The number of para-hydroxylation sites is 1. The average molecular weight is 476 g/mol. The minimum atomic E-state index is 0.358. The predicted molar refractivity (Wildman–Crippen MR) is 136 cm³/mol. The molecule has 0 bridgehead atoms. The molecule has 4 aromatic rings. The summed E-state index contributed by atoms with van der Waals surface area (Å²) in [4.78, 5) is 4.81. The number of anilines is 1. The summed E-state index contributed by atoms with van der Waals surface area (Å²) in [5.74, 6) is 1.40. The highest BCUT2D eigenvalue weighted by Gasteiger charge is 2.22. The first kappa shape index (κ1) is 21.6. The van der Waals surface area contributed by atoms with Gasteiger partial charge in [-0.3, -0.25) is 0 Å². The number of guanidine groups is 1. The molecule has 0 aliphatic heterocycles. The lowest BCUT2D eigenvalue weighted by atomic mass is 10.1. The monoisotopic (exact) mass is 475 g/mol. The van der Waals surface area contributed by atoms with Gasteiger partial charge in [-0.15, -0.1) is 5.10 Å². The van der Waals surface area contributed by atoms with Gasteiger partial charge in [0, 0.05) is 23.2 Å². The Morgan fingerprint density at radius 1 is 0.939 bits per heavy atom. The van der Waals surface area contributed by atoms with Crippen LogP contribution in [0.3, 0.4) is 0 Å². The maximum atomic E-state index is 6.51. The molecular weight excluding hydrogens is 453 g/mol. The number of halogens is 2. The Bertz CT molecular complexity index is 1260. The molecule has 7 heteroatoms. The van der Waals surface area contributed by atoms with Gasteiger partial charge in [0.1, 0.15) is 0 Å². The number of aliphatic imine (C=N–C) groups is 1. The summed E-state index contributed by atoms with van der Waals surface area (Å²) in [6.07, 6.45) is 2.23. The fourth-order valence-corrected chi connectivity index (χ4v) is 3.83. The first-order valence-electron chi connectivity index (χ1n) is 10.9. The van der Waals surface area contributed by atoms with Gasteiger partial charge in [0.05, 0.1) is 22.4 Å². The molecule has 3 aromatic carbocycles. The van der Waals surface area contributed by atoms with Gasteiger partial charge in [-0.25, -0.2) is 9.67 Å². The van der Waals surface area contributed by atoms with Gasteiger partial charge in [-0.2, -0.15) is 0 Å². The Labute approximate surface area is 203 Å². The van der Waals surface area contributed by atoms with E-state index in [1.165, 1.54) is 5.56 Å². The zero-order valence-corrected chi connectivity index (χ0v) is 19.4. The molecule has 1 heterocycles. The lowest BCUT2D eigenvalue weighted by Gasteiger charge is -2.11. The number of nitrogens with one attached hydrogen (secondary N) is 2. The first-order valence-corrected chi connectivity index (χ1v) is 11.6. The number of aromatic nitrogens is 2. The average Bonchev–Trinajstić information content (AvgIpc) is 3.56.